The molecule has 0 aliphatic carbocycles. The predicted molar refractivity (Wildman–Crippen MR) is 98.7 cm³/mol. The van der Waals surface area contributed by atoms with Crippen molar-refractivity contribution in [2.24, 2.45) is 5.92 Å². The second-order valence-corrected chi connectivity index (χ2v) is 6.99. The van der Waals surface area contributed by atoms with Crippen LogP contribution in [0.4, 0.5) is 0 Å². The Bertz CT molecular complexity index is 632. The van der Waals surface area contributed by atoms with Crippen molar-refractivity contribution in [1.29, 1.82) is 0 Å². The van der Waals surface area contributed by atoms with Gasteiger partial charge in [-0.05, 0) is 30.7 Å². The topological polar surface area (TPSA) is 77.9 Å². The summed E-state index contributed by atoms with van der Waals surface area (Å²) in [5.41, 5.74) is 1.13. The highest BCUT2D eigenvalue weighted by Gasteiger charge is 2.29. The zero-order chi connectivity index (χ0) is 19.1. The summed E-state index contributed by atoms with van der Waals surface area (Å²) in [6.07, 6.45) is 2.50. The molecule has 0 spiro atoms. The van der Waals surface area contributed by atoms with Gasteiger partial charge in [0.2, 0.25) is 11.8 Å². The summed E-state index contributed by atoms with van der Waals surface area (Å²) in [5.74, 6) is -1.48. The van der Waals surface area contributed by atoms with Crippen LogP contribution < -0.4 is 0 Å². The molecular weight excluding hydrogens is 332 g/mol. The number of amides is 2. The van der Waals surface area contributed by atoms with E-state index in [2.05, 4.69) is 6.92 Å². The third-order valence-electron chi connectivity index (χ3n) is 5.11. The number of aliphatic carboxylic acids is 1. The van der Waals surface area contributed by atoms with Crippen LogP contribution in [0, 0.1) is 5.92 Å². The Balaban J connectivity index is 1.89. The molecule has 1 N–H and O–H groups in total. The molecule has 1 aliphatic rings. The molecular formula is C20H28N2O4. The molecule has 1 aromatic carbocycles. The summed E-state index contributed by atoms with van der Waals surface area (Å²) in [6.45, 7) is 2.84. The molecule has 0 saturated carbocycles. The van der Waals surface area contributed by atoms with Crippen molar-refractivity contribution in [1.82, 2.24) is 9.80 Å². The van der Waals surface area contributed by atoms with E-state index < -0.39 is 11.9 Å². The summed E-state index contributed by atoms with van der Waals surface area (Å²) in [4.78, 5) is 39.1. The lowest BCUT2D eigenvalue weighted by molar-refractivity contribution is -0.147. The van der Waals surface area contributed by atoms with E-state index in [1.165, 1.54) is 4.90 Å². The van der Waals surface area contributed by atoms with E-state index in [-0.39, 0.29) is 30.8 Å². The Kier molecular flexibility index (Phi) is 7.18. The minimum Gasteiger partial charge on any atom is -0.481 e. The minimum atomic E-state index is -0.861. The molecule has 1 aromatic rings. The van der Waals surface area contributed by atoms with Crippen LogP contribution in [0.3, 0.4) is 0 Å². The molecule has 1 aliphatic heterocycles. The summed E-state index contributed by atoms with van der Waals surface area (Å²) < 4.78 is 0. The van der Waals surface area contributed by atoms with Gasteiger partial charge in [0.15, 0.2) is 0 Å². The van der Waals surface area contributed by atoms with Gasteiger partial charge in [-0.25, -0.2) is 0 Å². The highest BCUT2D eigenvalue weighted by molar-refractivity contribution is 5.85. The molecule has 0 bridgehead atoms. The maximum atomic E-state index is 12.5. The van der Waals surface area contributed by atoms with Gasteiger partial charge in [-0.3, -0.25) is 14.4 Å². The number of carbonyl (C=O) groups is 3. The van der Waals surface area contributed by atoms with Crippen LogP contribution in [0.15, 0.2) is 30.3 Å². The second kappa shape index (κ2) is 9.36. The average molecular weight is 360 g/mol. The van der Waals surface area contributed by atoms with Crippen molar-refractivity contribution in [3.8, 4) is 0 Å². The van der Waals surface area contributed by atoms with Crippen LogP contribution in [-0.2, 0) is 14.4 Å². The third kappa shape index (κ3) is 5.31. The number of hydrogen-bond donors (Lipinski definition) is 1. The maximum Gasteiger partial charge on any atom is 0.308 e. The molecule has 2 atom stereocenters. The number of hydrogen-bond acceptors (Lipinski definition) is 3. The molecule has 0 radical (unpaired) electrons. The van der Waals surface area contributed by atoms with Crippen LogP contribution in [0.1, 0.15) is 44.1 Å². The van der Waals surface area contributed by atoms with Crippen LogP contribution in [0.2, 0.25) is 0 Å². The number of nitrogens with zero attached hydrogens (tertiary/aromatic N) is 2. The van der Waals surface area contributed by atoms with Crippen LogP contribution in [0.25, 0.3) is 0 Å². The first-order chi connectivity index (χ1) is 12.4. The molecule has 1 fully saturated rings. The number of piperidine rings is 1. The molecule has 26 heavy (non-hydrogen) atoms. The van der Waals surface area contributed by atoms with Crippen molar-refractivity contribution in [2.45, 2.75) is 38.5 Å². The monoisotopic (exact) mass is 360 g/mol. The molecule has 1 saturated heterocycles. The first-order valence-electron chi connectivity index (χ1n) is 9.21. The number of likely N-dealkylation sites (tertiary alicyclic amines) is 1. The van der Waals surface area contributed by atoms with E-state index in [1.54, 1.807) is 11.9 Å². The van der Waals surface area contributed by atoms with E-state index in [0.29, 0.717) is 25.8 Å². The van der Waals surface area contributed by atoms with Crippen LogP contribution in [0.5, 0.6) is 0 Å². The Labute approximate surface area is 154 Å². The van der Waals surface area contributed by atoms with Crippen molar-refractivity contribution in [3.05, 3.63) is 35.9 Å². The predicted octanol–water partition coefficient (Wildman–Crippen LogP) is 2.35. The summed E-state index contributed by atoms with van der Waals surface area (Å²) in [5, 5.41) is 9.14. The normalized spacial score (nSPS) is 18.2. The van der Waals surface area contributed by atoms with Gasteiger partial charge in [-0.1, -0.05) is 37.3 Å². The largest absolute Gasteiger partial charge is 0.481 e. The highest BCUT2D eigenvalue weighted by atomic mass is 16.4. The lowest BCUT2D eigenvalue weighted by Gasteiger charge is -2.32. The zero-order valence-corrected chi connectivity index (χ0v) is 15.6. The molecule has 2 amide bonds. The number of carboxylic acids is 1. The van der Waals surface area contributed by atoms with E-state index in [1.807, 2.05) is 30.3 Å². The van der Waals surface area contributed by atoms with Gasteiger partial charge in [0.05, 0.1) is 12.5 Å². The first-order valence-corrected chi connectivity index (χ1v) is 9.21. The second-order valence-electron chi connectivity index (χ2n) is 6.99. The Morgan fingerprint density at radius 1 is 1.27 bits per heavy atom. The van der Waals surface area contributed by atoms with E-state index >= 15 is 0 Å². The number of carbonyl (C=O) groups excluding carboxylic acids is 2. The zero-order valence-electron chi connectivity index (χ0n) is 15.6. The van der Waals surface area contributed by atoms with Crippen molar-refractivity contribution in [2.75, 3.05) is 26.7 Å². The van der Waals surface area contributed by atoms with Gasteiger partial charge in [0, 0.05) is 26.6 Å². The van der Waals surface area contributed by atoms with Gasteiger partial charge in [-0.15, -0.1) is 0 Å². The van der Waals surface area contributed by atoms with E-state index in [4.69, 9.17) is 5.11 Å². The molecule has 0 aromatic heterocycles. The lowest BCUT2D eigenvalue weighted by Crippen LogP contribution is -2.47. The number of carboxylic acid groups (broad SMARTS) is 1. The van der Waals surface area contributed by atoms with Crippen LogP contribution >= 0.6 is 0 Å². The lowest BCUT2D eigenvalue weighted by atomic mass is 9.93. The maximum absolute atomic E-state index is 12.5. The molecule has 6 heteroatoms. The number of likely N-dealkylation sites (N-methyl/N-ethyl adjacent to an activating group) is 1. The first kappa shape index (κ1) is 19.9. The Hall–Kier alpha value is -2.37. The fourth-order valence-electron chi connectivity index (χ4n) is 3.39. The highest BCUT2D eigenvalue weighted by Crippen LogP contribution is 2.24. The Morgan fingerprint density at radius 3 is 2.58 bits per heavy atom. The van der Waals surface area contributed by atoms with Crippen molar-refractivity contribution >= 4 is 17.8 Å². The molecule has 142 valence electrons. The van der Waals surface area contributed by atoms with Gasteiger partial charge >= 0.3 is 5.97 Å². The molecule has 1 heterocycles. The summed E-state index contributed by atoms with van der Waals surface area (Å²) in [7, 11) is 1.64. The number of benzene rings is 1. The fourth-order valence-corrected chi connectivity index (χ4v) is 3.39. The Morgan fingerprint density at radius 2 is 1.96 bits per heavy atom. The van der Waals surface area contributed by atoms with Crippen LogP contribution in [-0.4, -0.2) is 59.4 Å². The van der Waals surface area contributed by atoms with Gasteiger partial charge in [0.25, 0.3) is 0 Å². The van der Waals surface area contributed by atoms with E-state index in [0.717, 1.165) is 12.0 Å². The SMILES string of the molecule is CC[C@H](CC(=O)N(C)CC(=O)N1CCC[C@@H](C(=O)O)C1)c1ccccc1. The van der Waals surface area contributed by atoms with Gasteiger partial charge in [-0.2, -0.15) is 0 Å². The fraction of sp³-hybridized carbons (Fsp3) is 0.550. The van der Waals surface area contributed by atoms with Gasteiger partial charge in [0.1, 0.15) is 0 Å². The molecule has 0 unspecified atom stereocenters. The number of rotatable bonds is 7. The quantitative estimate of drug-likeness (QED) is 0.810. The standard InChI is InChI=1S/C20H28N2O4/c1-3-15(16-8-5-4-6-9-16)12-18(23)21(2)14-19(24)22-11-7-10-17(13-22)20(25)26/h4-6,8-9,15,17H,3,7,10-14H2,1-2H3,(H,25,26)/t15-,17-/m1/s1. The summed E-state index contributed by atoms with van der Waals surface area (Å²) in [6, 6.07) is 9.92. The third-order valence-corrected chi connectivity index (χ3v) is 5.11. The molecule has 2 rings (SSSR count). The average Bonchev–Trinajstić information content (AvgIpc) is 2.66. The molecule has 6 nitrogen and oxygen atoms in total. The minimum absolute atomic E-state index is 0.00358. The van der Waals surface area contributed by atoms with Gasteiger partial charge < -0.3 is 14.9 Å². The van der Waals surface area contributed by atoms with E-state index in [9.17, 15) is 14.4 Å². The van der Waals surface area contributed by atoms with Crippen molar-refractivity contribution < 1.29 is 19.5 Å². The van der Waals surface area contributed by atoms with Crippen molar-refractivity contribution in [3.63, 3.8) is 0 Å². The summed E-state index contributed by atoms with van der Waals surface area (Å²) >= 11 is 0. The smallest absolute Gasteiger partial charge is 0.308 e.